The Bertz CT molecular complexity index is 634. The second-order valence-corrected chi connectivity index (χ2v) is 5.60. The van der Waals surface area contributed by atoms with E-state index in [1.54, 1.807) is 4.90 Å². The molecule has 3 rings (SSSR count). The third-order valence-electron chi connectivity index (χ3n) is 4.13. The number of methoxy groups -OCH3 is 1. The van der Waals surface area contributed by atoms with Crippen molar-refractivity contribution in [3.63, 3.8) is 0 Å². The van der Waals surface area contributed by atoms with Crippen LogP contribution in [0.15, 0.2) is 40.9 Å². The number of nitrogens with zero attached hydrogens (tertiary/aromatic N) is 3. The van der Waals surface area contributed by atoms with Gasteiger partial charge in [0.2, 0.25) is 5.76 Å². The zero-order valence-electron chi connectivity index (χ0n) is 13.3. The molecule has 1 fully saturated rings. The van der Waals surface area contributed by atoms with E-state index in [2.05, 4.69) is 34.3 Å². The first kappa shape index (κ1) is 15.6. The van der Waals surface area contributed by atoms with Gasteiger partial charge in [-0.1, -0.05) is 30.3 Å². The normalized spacial score (nSPS) is 15.6. The summed E-state index contributed by atoms with van der Waals surface area (Å²) in [6, 6.07) is 12.0. The number of ether oxygens (including phenoxy) is 1. The van der Waals surface area contributed by atoms with Crippen molar-refractivity contribution in [2.45, 2.75) is 6.42 Å². The molecule has 0 radical (unpaired) electrons. The van der Waals surface area contributed by atoms with Gasteiger partial charge in [0.25, 0.3) is 11.8 Å². The van der Waals surface area contributed by atoms with Crippen LogP contribution in [-0.4, -0.2) is 60.7 Å². The van der Waals surface area contributed by atoms with Gasteiger partial charge in [0.15, 0.2) is 0 Å². The standard InChI is InChI=1S/C17H21N3O3/c1-22-16-13-15(23-18-16)17(21)20-11-9-19(10-12-20)8-7-14-5-3-2-4-6-14/h2-6,13H,7-12H2,1H3. The zero-order chi connectivity index (χ0) is 16.1. The molecule has 122 valence electrons. The van der Waals surface area contributed by atoms with Crippen LogP contribution in [0.2, 0.25) is 0 Å². The van der Waals surface area contributed by atoms with E-state index in [4.69, 9.17) is 9.26 Å². The average molecular weight is 315 g/mol. The van der Waals surface area contributed by atoms with E-state index in [1.807, 2.05) is 6.07 Å². The molecule has 2 heterocycles. The van der Waals surface area contributed by atoms with Gasteiger partial charge in [0, 0.05) is 32.7 Å². The number of aromatic nitrogens is 1. The topological polar surface area (TPSA) is 58.8 Å². The largest absolute Gasteiger partial charge is 0.479 e. The lowest BCUT2D eigenvalue weighted by Crippen LogP contribution is -2.49. The van der Waals surface area contributed by atoms with Gasteiger partial charge in [0.1, 0.15) is 0 Å². The van der Waals surface area contributed by atoms with Crippen LogP contribution in [0.1, 0.15) is 16.1 Å². The third-order valence-corrected chi connectivity index (χ3v) is 4.13. The molecule has 2 aromatic rings. The number of rotatable bonds is 5. The molecule has 1 amide bonds. The number of piperazine rings is 1. The Labute approximate surface area is 135 Å². The van der Waals surface area contributed by atoms with Crippen LogP contribution in [0, 0.1) is 0 Å². The monoisotopic (exact) mass is 315 g/mol. The van der Waals surface area contributed by atoms with Crippen LogP contribution in [-0.2, 0) is 6.42 Å². The van der Waals surface area contributed by atoms with Gasteiger partial charge >= 0.3 is 0 Å². The summed E-state index contributed by atoms with van der Waals surface area (Å²) in [6.45, 7) is 4.18. The van der Waals surface area contributed by atoms with Crippen LogP contribution < -0.4 is 4.74 Å². The van der Waals surface area contributed by atoms with Gasteiger partial charge in [-0.15, -0.1) is 0 Å². The summed E-state index contributed by atoms with van der Waals surface area (Å²) < 4.78 is 9.96. The van der Waals surface area contributed by atoms with E-state index in [0.29, 0.717) is 19.0 Å². The molecule has 0 N–H and O–H groups in total. The minimum absolute atomic E-state index is 0.122. The predicted octanol–water partition coefficient (Wildman–Crippen LogP) is 1.68. The molecule has 1 saturated heterocycles. The molecule has 6 heteroatoms. The maximum Gasteiger partial charge on any atom is 0.292 e. The Morgan fingerprint density at radius 1 is 1.22 bits per heavy atom. The molecule has 23 heavy (non-hydrogen) atoms. The average Bonchev–Trinajstić information content (AvgIpc) is 3.10. The van der Waals surface area contributed by atoms with Crippen LogP contribution >= 0.6 is 0 Å². The minimum Gasteiger partial charge on any atom is -0.479 e. The van der Waals surface area contributed by atoms with Crippen LogP contribution in [0.5, 0.6) is 5.88 Å². The van der Waals surface area contributed by atoms with E-state index in [0.717, 1.165) is 26.1 Å². The first-order chi connectivity index (χ1) is 11.3. The quantitative estimate of drug-likeness (QED) is 0.840. The number of carbonyl (C=O) groups is 1. The Morgan fingerprint density at radius 2 is 1.96 bits per heavy atom. The summed E-state index contributed by atoms with van der Waals surface area (Å²) in [5, 5.41) is 3.67. The Hall–Kier alpha value is -2.34. The molecule has 0 saturated carbocycles. The van der Waals surface area contributed by atoms with E-state index in [9.17, 15) is 4.79 Å². The second-order valence-electron chi connectivity index (χ2n) is 5.60. The molecule has 0 unspecified atom stereocenters. The maximum absolute atomic E-state index is 12.3. The molecule has 0 atom stereocenters. The lowest BCUT2D eigenvalue weighted by molar-refractivity contribution is 0.0598. The summed E-state index contributed by atoms with van der Waals surface area (Å²) in [6.07, 6.45) is 1.04. The highest BCUT2D eigenvalue weighted by Crippen LogP contribution is 2.14. The van der Waals surface area contributed by atoms with Crippen molar-refractivity contribution < 1.29 is 14.1 Å². The Kier molecular flexibility index (Phi) is 4.92. The first-order valence-corrected chi connectivity index (χ1v) is 7.82. The fourth-order valence-electron chi connectivity index (χ4n) is 2.72. The van der Waals surface area contributed by atoms with Crippen molar-refractivity contribution in [3.05, 3.63) is 47.7 Å². The van der Waals surface area contributed by atoms with Crippen LogP contribution in [0.25, 0.3) is 0 Å². The summed E-state index contributed by atoms with van der Waals surface area (Å²) >= 11 is 0. The fraction of sp³-hybridized carbons (Fsp3) is 0.412. The van der Waals surface area contributed by atoms with Gasteiger partial charge in [0.05, 0.1) is 13.2 Å². The maximum atomic E-state index is 12.3. The summed E-state index contributed by atoms with van der Waals surface area (Å²) in [7, 11) is 1.50. The molecule has 0 aliphatic carbocycles. The van der Waals surface area contributed by atoms with Gasteiger partial charge in [-0.05, 0) is 17.1 Å². The lowest BCUT2D eigenvalue weighted by atomic mass is 10.1. The van der Waals surface area contributed by atoms with Crippen LogP contribution in [0.4, 0.5) is 0 Å². The fourth-order valence-corrected chi connectivity index (χ4v) is 2.72. The molecular weight excluding hydrogens is 294 g/mol. The van der Waals surface area contributed by atoms with Gasteiger partial charge in [-0.3, -0.25) is 9.69 Å². The van der Waals surface area contributed by atoms with Crippen molar-refractivity contribution in [3.8, 4) is 5.88 Å². The van der Waals surface area contributed by atoms with Gasteiger partial charge < -0.3 is 14.2 Å². The summed E-state index contributed by atoms with van der Waals surface area (Å²) in [4.78, 5) is 16.5. The summed E-state index contributed by atoms with van der Waals surface area (Å²) in [5.74, 6) is 0.443. The highest BCUT2D eigenvalue weighted by molar-refractivity contribution is 5.91. The van der Waals surface area contributed by atoms with Crippen molar-refractivity contribution in [1.82, 2.24) is 15.0 Å². The Morgan fingerprint density at radius 3 is 2.61 bits per heavy atom. The van der Waals surface area contributed by atoms with Crippen molar-refractivity contribution in [2.24, 2.45) is 0 Å². The van der Waals surface area contributed by atoms with Gasteiger partial charge in [-0.25, -0.2) is 0 Å². The number of carbonyl (C=O) groups excluding carboxylic acids is 1. The molecule has 1 aromatic carbocycles. The van der Waals surface area contributed by atoms with E-state index < -0.39 is 0 Å². The lowest BCUT2D eigenvalue weighted by Gasteiger charge is -2.34. The molecule has 1 aliphatic rings. The number of benzene rings is 1. The first-order valence-electron chi connectivity index (χ1n) is 7.82. The minimum atomic E-state index is -0.122. The van der Waals surface area contributed by atoms with Gasteiger partial charge in [-0.2, -0.15) is 0 Å². The number of hydrogen-bond donors (Lipinski definition) is 0. The molecule has 1 aromatic heterocycles. The molecule has 0 spiro atoms. The van der Waals surface area contributed by atoms with Crippen molar-refractivity contribution in [2.75, 3.05) is 39.8 Å². The smallest absolute Gasteiger partial charge is 0.292 e. The third kappa shape index (κ3) is 3.90. The SMILES string of the molecule is COc1cc(C(=O)N2CCN(CCc3ccccc3)CC2)on1. The molecule has 0 bridgehead atoms. The summed E-state index contributed by atoms with van der Waals surface area (Å²) in [5.41, 5.74) is 1.35. The Balaban J connectivity index is 1.47. The number of hydrogen-bond acceptors (Lipinski definition) is 5. The molecule has 1 aliphatic heterocycles. The highest BCUT2D eigenvalue weighted by atomic mass is 16.5. The van der Waals surface area contributed by atoms with E-state index >= 15 is 0 Å². The van der Waals surface area contributed by atoms with E-state index in [-0.39, 0.29) is 11.7 Å². The highest BCUT2D eigenvalue weighted by Gasteiger charge is 2.25. The zero-order valence-corrected chi connectivity index (χ0v) is 13.3. The molecule has 6 nitrogen and oxygen atoms in total. The van der Waals surface area contributed by atoms with Crippen molar-refractivity contribution >= 4 is 5.91 Å². The molecular formula is C17H21N3O3. The predicted molar refractivity (Wildman–Crippen MR) is 85.5 cm³/mol. The number of amides is 1. The van der Waals surface area contributed by atoms with Crippen LogP contribution in [0.3, 0.4) is 0 Å². The van der Waals surface area contributed by atoms with Crippen molar-refractivity contribution in [1.29, 1.82) is 0 Å². The second kappa shape index (κ2) is 7.28. The van der Waals surface area contributed by atoms with E-state index in [1.165, 1.54) is 18.7 Å².